The largest absolute Gasteiger partial charge is 0.447 e. The van der Waals surface area contributed by atoms with E-state index in [2.05, 4.69) is 17.2 Å². The number of aryl methyl sites for hydroxylation is 1. The number of amides is 1. The van der Waals surface area contributed by atoms with Crippen LogP contribution in [-0.4, -0.2) is 35.7 Å². The molecule has 1 saturated heterocycles. The first-order chi connectivity index (χ1) is 12.1. The number of aromatic nitrogens is 1. The molecule has 2 aromatic rings. The van der Waals surface area contributed by atoms with Gasteiger partial charge in [0.1, 0.15) is 6.61 Å². The van der Waals surface area contributed by atoms with E-state index in [0.717, 1.165) is 17.8 Å². The molecule has 0 bridgehead atoms. The van der Waals surface area contributed by atoms with E-state index < -0.39 is 11.0 Å². The van der Waals surface area contributed by atoms with Crippen LogP contribution in [0.4, 0.5) is 21.9 Å². The van der Waals surface area contributed by atoms with Crippen molar-refractivity contribution in [2.24, 2.45) is 0 Å². The number of nitrogens with zero attached hydrogens (tertiary/aromatic N) is 3. The lowest BCUT2D eigenvalue weighted by molar-refractivity contribution is -0.384. The molecular formula is C16H18N4O4S. The Bertz CT molecular complexity index is 792. The number of anilines is 2. The second-order valence-electron chi connectivity index (χ2n) is 5.48. The highest BCUT2D eigenvalue weighted by Crippen LogP contribution is 2.32. The number of thiazole rings is 1. The van der Waals surface area contributed by atoms with Crippen molar-refractivity contribution >= 4 is 34.5 Å². The molecule has 1 aliphatic rings. The first-order valence-corrected chi connectivity index (χ1v) is 8.80. The minimum atomic E-state index is -0.490. The Kier molecular flexibility index (Phi) is 5.13. The summed E-state index contributed by atoms with van der Waals surface area (Å²) < 4.78 is 4.95. The molecule has 1 aromatic carbocycles. The number of carbonyl (C=O) groups is 1. The van der Waals surface area contributed by atoms with Crippen molar-refractivity contribution in [2.45, 2.75) is 19.8 Å². The molecule has 1 aliphatic heterocycles. The van der Waals surface area contributed by atoms with Crippen LogP contribution in [0.2, 0.25) is 0 Å². The van der Waals surface area contributed by atoms with Gasteiger partial charge in [0.25, 0.3) is 5.69 Å². The topological polar surface area (TPSA) is 97.6 Å². The van der Waals surface area contributed by atoms with Crippen LogP contribution in [0.5, 0.6) is 0 Å². The number of hydrogen-bond acceptors (Lipinski definition) is 7. The van der Waals surface area contributed by atoms with Crippen molar-refractivity contribution in [3.8, 4) is 0 Å². The average Bonchev–Trinajstić information content (AvgIpc) is 3.23. The van der Waals surface area contributed by atoms with Gasteiger partial charge in [0, 0.05) is 36.2 Å². The number of rotatable bonds is 7. The molecule has 0 spiro atoms. The second-order valence-corrected chi connectivity index (χ2v) is 6.67. The van der Waals surface area contributed by atoms with Crippen molar-refractivity contribution in [1.29, 1.82) is 0 Å². The highest BCUT2D eigenvalue weighted by atomic mass is 32.1. The molecule has 0 radical (unpaired) electrons. The zero-order chi connectivity index (χ0) is 17.8. The fourth-order valence-corrected chi connectivity index (χ4v) is 3.41. The maximum Gasteiger partial charge on any atom is 0.414 e. The third-order valence-corrected chi connectivity index (χ3v) is 5.05. The molecule has 0 saturated carbocycles. The van der Waals surface area contributed by atoms with E-state index in [1.165, 1.54) is 21.9 Å². The van der Waals surface area contributed by atoms with Gasteiger partial charge in [0.05, 0.1) is 27.9 Å². The van der Waals surface area contributed by atoms with Crippen LogP contribution in [0, 0.1) is 10.1 Å². The summed E-state index contributed by atoms with van der Waals surface area (Å²) >= 11 is 1.68. The lowest BCUT2D eigenvalue weighted by atomic mass is 10.2. The van der Waals surface area contributed by atoms with E-state index in [-0.39, 0.29) is 12.3 Å². The maximum absolute atomic E-state index is 11.8. The zero-order valence-electron chi connectivity index (χ0n) is 13.7. The number of nitro groups is 1. The van der Waals surface area contributed by atoms with E-state index in [0.29, 0.717) is 24.5 Å². The number of nitrogens with one attached hydrogen (secondary N) is 1. The fraction of sp³-hybridized carbons (Fsp3) is 0.375. The standard InChI is InChI=1S/C16H18N4O4S/c1-2-12-10-18-15(25-12)5-6-17-13-4-3-11(20(22)23)9-14(13)19-7-8-24-16(19)21/h3-4,9-10,17H,2,5-8H2,1H3. The third kappa shape index (κ3) is 3.87. The molecule has 9 heteroatoms. The van der Waals surface area contributed by atoms with Gasteiger partial charge in [-0.1, -0.05) is 6.92 Å². The Morgan fingerprint density at radius 1 is 1.48 bits per heavy atom. The van der Waals surface area contributed by atoms with Crippen LogP contribution in [0.3, 0.4) is 0 Å². The first kappa shape index (κ1) is 17.2. The number of hydrogen-bond donors (Lipinski definition) is 1. The normalized spacial score (nSPS) is 13.8. The fourth-order valence-electron chi connectivity index (χ4n) is 2.55. The first-order valence-electron chi connectivity index (χ1n) is 7.98. The molecule has 0 aliphatic carbocycles. The summed E-state index contributed by atoms with van der Waals surface area (Å²) in [4.78, 5) is 29.4. The molecule has 1 amide bonds. The van der Waals surface area contributed by atoms with E-state index in [1.54, 1.807) is 17.4 Å². The average molecular weight is 362 g/mol. The Balaban J connectivity index is 1.75. The van der Waals surface area contributed by atoms with Crippen LogP contribution in [0.1, 0.15) is 16.8 Å². The highest BCUT2D eigenvalue weighted by Gasteiger charge is 2.27. The lowest BCUT2D eigenvalue weighted by Gasteiger charge is -2.18. The number of benzene rings is 1. The summed E-state index contributed by atoms with van der Waals surface area (Å²) in [6, 6.07) is 4.44. The predicted molar refractivity (Wildman–Crippen MR) is 95.5 cm³/mol. The SMILES string of the molecule is CCc1cnc(CCNc2ccc([N+](=O)[O-])cc2N2CCOC2=O)s1. The molecule has 132 valence electrons. The van der Waals surface area contributed by atoms with Gasteiger partial charge in [-0.25, -0.2) is 9.78 Å². The molecule has 3 rings (SSSR count). The number of nitro benzene ring substituents is 1. The summed E-state index contributed by atoms with van der Waals surface area (Å²) in [5.74, 6) is 0. The molecule has 25 heavy (non-hydrogen) atoms. The van der Waals surface area contributed by atoms with Crippen molar-refractivity contribution < 1.29 is 14.5 Å². The highest BCUT2D eigenvalue weighted by molar-refractivity contribution is 7.11. The van der Waals surface area contributed by atoms with Crippen molar-refractivity contribution in [3.05, 3.63) is 44.4 Å². The number of cyclic esters (lactones) is 1. The van der Waals surface area contributed by atoms with E-state index >= 15 is 0 Å². The smallest absolute Gasteiger partial charge is 0.414 e. The van der Waals surface area contributed by atoms with Gasteiger partial charge in [0.15, 0.2) is 0 Å². The molecule has 1 N–H and O–H groups in total. The van der Waals surface area contributed by atoms with Crippen LogP contribution < -0.4 is 10.2 Å². The lowest BCUT2D eigenvalue weighted by Crippen LogP contribution is -2.24. The second kappa shape index (κ2) is 7.47. The summed E-state index contributed by atoms with van der Waals surface area (Å²) in [6.45, 7) is 3.36. The van der Waals surface area contributed by atoms with Crippen LogP contribution in [0.15, 0.2) is 24.4 Å². The van der Waals surface area contributed by atoms with Gasteiger partial charge >= 0.3 is 6.09 Å². The van der Waals surface area contributed by atoms with Gasteiger partial charge in [-0.3, -0.25) is 15.0 Å². The molecule has 1 aromatic heterocycles. The number of ether oxygens (including phenoxy) is 1. The Morgan fingerprint density at radius 2 is 2.32 bits per heavy atom. The quantitative estimate of drug-likeness (QED) is 0.600. The predicted octanol–water partition coefficient (Wildman–Crippen LogP) is 3.22. The van der Waals surface area contributed by atoms with Gasteiger partial charge in [0.2, 0.25) is 0 Å². The molecule has 2 heterocycles. The maximum atomic E-state index is 11.8. The molecule has 1 fully saturated rings. The minimum absolute atomic E-state index is 0.0623. The summed E-state index contributed by atoms with van der Waals surface area (Å²) in [6.07, 6.45) is 3.11. The Morgan fingerprint density at radius 3 is 2.96 bits per heavy atom. The summed E-state index contributed by atoms with van der Waals surface area (Å²) in [7, 11) is 0. The number of carbonyl (C=O) groups excluding carboxylic acids is 1. The van der Waals surface area contributed by atoms with Gasteiger partial charge in [-0.05, 0) is 12.5 Å². The van der Waals surface area contributed by atoms with E-state index in [1.807, 2.05) is 6.20 Å². The van der Waals surface area contributed by atoms with Crippen LogP contribution in [-0.2, 0) is 17.6 Å². The van der Waals surface area contributed by atoms with Gasteiger partial charge in [-0.2, -0.15) is 0 Å². The van der Waals surface area contributed by atoms with Crippen molar-refractivity contribution in [1.82, 2.24) is 4.98 Å². The van der Waals surface area contributed by atoms with Gasteiger partial charge in [-0.15, -0.1) is 11.3 Å². The molecule has 0 unspecified atom stereocenters. The van der Waals surface area contributed by atoms with Crippen molar-refractivity contribution in [3.63, 3.8) is 0 Å². The van der Waals surface area contributed by atoms with Gasteiger partial charge < -0.3 is 10.1 Å². The Hall–Kier alpha value is -2.68. The van der Waals surface area contributed by atoms with Crippen molar-refractivity contribution in [2.75, 3.05) is 29.9 Å². The van der Waals surface area contributed by atoms with Crippen LogP contribution >= 0.6 is 11.3 Å². The monoisotopic (exact) mass is 362 g/mol. The van der Waals surface area contributed by atoms with E-state index in [9.17, 15) is 14.9 Å². The molecule has 8 nitrogen and oxygen atoms in total. The molecule has 0 atom stereocenters. The zero-order valence-corrected chi connectivity index (χ0v) is 14.5. The third-order valence-electron chi connectivity index (χ3n) is 3.85. The summed E-state index contributed by atoms with van der Waals surface area (Å²) in [5.41, 5.74) is 1.06. The van der Waals surface area contributed by atoms with E-state index in [4.69, 9.17) is 4.74 Å². The molecular weight excluding hydrogens is 344 g/mol. The summed E-state index contributed by atoms with van der Waals surface area (Å²) in [5, 5.41) is 15.3. The minimum Gasteiger partial charge on any atom is -0.447 e. The van der Waals surface area contributed by atoms with Crippen LogP contribution in [0.25, 0.3) is 0 Å². The number of non-ortho nitro benzene ring substituents is 1. The Labute approximate surface area is 148 Å².